The molecule has 0 aliphatic heterocycles. The molecule has 0 radical (unpaired) electrons. The molecule has 0 spiro atoms. The van der Waals surface area contributed by atoms with Crippen LogP contribution in [0, 0.1) is 0 Å². The minimum atomic E-state index is -3.74. The van der Waals surface area contributed by atoms with E-state index in [1.807, 2.05) is 26.0 Å². The molecule has 0 saturated heterocycles. The van der Waals surface area contributed by atoms with Gasteiger partial charge in [-0.1, -0.05) is 56.1 Å². The van der Waals surface area contributed by atoms with Crippen LogP contribution in [0.4, 0.5) is 5.69 Å². The maximum atomic E-state index is 13.5. The number of rotatable bonds is 12. The van der Waals surface area contributed by atoms with Gasteiger partial charge in [0.15, 0.2) is 0 Å². The predicted octanol–water partition coefficient (Wildman–Crippen LogP) is 4.00. The van der Waals surface area contributed by atoms with Gasteiger partial charge in [-0.15, -0.1) is 0 Å². The van der Waals surface area contributed by atoms with Gasteiger partial charge in [0.2, 0.25) is 21.8 Å². The molecule has 7 nitrogen and oxygen atoms in total. The molecule has 9 heteroatoms. The Morgan fingerprint density at radius 1 is 1.00 bits per heavy atom. The third-order valence-electron chi connectivity index (χ3n) is 5.57. The van der Waals surface area contributed by atoms with Crippen molar-refractivity contribution in [3.63, 3.8) is 0 Å². The van der Waals surface area contributed by atoms with Crippen molar-refractivity contribution >= 4 is 39.1 Å². The summed E-state index contributed by atoms with van der Waals surface area (Å²) in [7, 11) is -3.74. The Labute approximate surface area is 208 Å². The first-order valence-electron chi connectivity index (χ1n) is 11.4. The molecule has 2 amide bonds. The van der Waals surface area contributed by atoms with Gasteiger partial charge in [-0.05, 0) is 55.2 Å². The third-order valence-corrected chi connectivity index (χ3v) is 6.97. The topological polar surface area (TPSA) is 86.8 Å². The minimum absolute atomic E-state index is 0.144. The zero-order valence-electron chi connectivity index (χ0n) is 20.3. The van der Waals surface area contributed by atoms with E-state index in [0.717, 1.165) is 41.0 Å². The quantitative estimate of drug-likeness (QED) is 0.440. The number of nitrogens with zero attached hydrogens (tertiary/aromatic N) is 2. The number of anilines is 1. The highest BCUT2D eigenvalue weighted by molar-refractivity contribution is 7.92. The fourth-order valence-corrected chi connectivity index (χ4v) is 4.39. The first-order valence-corrected chi connectivity index (χ1v) is 13.7. The van der Waals surface area contributed by atoms with Gasteiger partial charge < -0.3 is 10.2 Å². The van der Waals surface area contributed by atoms with E-state index in [9.17, 15) is 18.0 Å². The van der Waals surface area contributed by atoms with E-state index in [1.165, 1.54) is 4.90 Å². The van der Waals surface area contributed by atoms with Crippen LogP contribution in [0.25, 0.3) is 0 Å². The molecular formula is C25H34ClN3O4S. The van der Waals surface area contributed by atoms with Crippen LogP contribution in [0.3, 0.4) is 0 Å². The van der Waals surface area contributed by atoms with Crippen LogP contribution >= 0.6 is 11.6 Å². The molecule has 0 saturated carbocycles. The van der Waals surface area contributed by atoms with Gasteiger partial charge in [0.1, 0.15) is 12.6 Å². The number of carbonyl (C=O) groups excluding carboxylic acids is 2. The lowest BCUT2D eigenvalue weighted by Crippen LogP contribution is -2.51. The van der Waals surface area contributed by atoms with Crippen molar-refractivity contribution in [2.75, 3.05) is 23.7 Å². The number of hydrogen-bond acceptors (Lipinski definition) is 4. The molecule has 0 bridgehead atoms. The van der Waals surface area contributed by atoms with E-state index in [-0.39, 0.29) is 12.5 Å². The summed E-state index contributed by atoms with van der Waals surface area (Å²) in [5.74, 6) is -0.757. The zero-order chi connectivity index (χ0) is 25.3. The van der Waals surface area contributed by atoms with Gasteiger partial charge in [-0.25, -0.2) is 8.42 Å². The Kier molecular flexibility index (Phi) is 10.4. The number of carbonyl (C=O) groups is 2. The number of benzene rings is 2. The highest BCUT2D eigenvalue weighted by Gasteiger charge is 2.30. The summed E-state index contributed by atoms with van der Waals surface area (Å²) < 4.78 is 26.2. The van der Waals surface area contributed by atoms with Gasteiger partial charge in [0.25, 0.3) is 0 Å². The largest absolute Gasteiger partial charge is 0.354 e. The highest BCUT2D eigenvalue weighted by atomic mass is 35.5. The van der Waals surface area contributed by atoms with Crippen LogP contribution in [-0.2, 0) is 32.6 Å². The second-order valence-corrected chi connectivity index (χ2v) is 10.6. The van der Waals surface area contributed by atoms with E-state index in [1.54, 1.807) is 43.3 Å². The molecule has 0 aromatic heterocycles. The Bertz CT molecular complexity index is 1060. The van der Waals surface area contributed by atoms with Crippen molar-refractivity contribution in [2.24, 2.45) is 0 Å². The molecule has 0 aliphatic carbocycles. The highest BCUT2D eigenvalue weighted by Crippen LogP contribution is 2.20. The monoisotopic (exact) mass is 507 g/mol. The Morgan fingerprint density at radius 3 is 2.12 bits per heavy atom. The maximum Gasteiger partial charge on any atom is 0.244 e. The molecular weight excluding hydrogens is 474 g/mol. The number of halogens is 1. The van der Waals surface area contributed by atoms with Crippen molar-refractivity contribution in [1.29, 1.82) is 0 Å². The summed E-state index contributed by atoms with van der Waals surface area (Å²) in [5, 5.41) is 3.42. The Morgan fingerprint density at radius 2 is 1.59 bits per heavy atom. The summed E-state index contributed by atoms with van der Waals surface area (Å²) in [5.41, 5.74) is 2.24. The summed E-state index contributed by atoms with van der Waals surface area (Å²) in [4.78, 5) is 27.6. The maximum absolute atomic E-state index is 13.5. The number of sulfonamides is 1. The van der Waals surface area contributed by atoms with Crippen LogP contribution in [0.1, 0.15) is 44.7 Å². The van der Waals surface area contributed by atoms with Crippen molar-refractivity contribution < 1.29 is 18.0 Å². The lowest BCUT2D eigenvalue weighted by molar-refractivity contribution is -0.139. The van der Waals surface area contributed by atoms with Gasteiger partial charge in [0.05, 0.1) is 11.9 Å². The normalized spacial score (nSPS) is 12.1. The van der Waals surface area contributed by atoms with E-state index in [2.05, 4.69) is 5.32 Å². The third kappa shape index (κ3) is 8.02. The van der Waals surface area contributed by atoms with Gasteiger partial charge in [0, 0.05) is 18.1 Å². The first-order chi connectivity index (χ1) is 16.1. The molecule has 2 aromatic carbocycles. The van der Waals surface area contributed by atoms with Crippen LogP contribution in [0.2, 0.25) is 5.02 Å². The molecule has 34 heavy (non-hydrogen) atoms. The summed E-state index contributed by atoms with van der Waals surface area (Å²) in [6.07, 6.45) is 3.65. The van der Waals surface area contributed by atoms with Gasteiger partial charge in [-0.3, -0.25) is 13.9 Å². The van der Waals surface area contributed by atoms with Crippen LogP contribution in [-0.4, -0.2) is 50.5 Å². The fraction of sp³-hybridized carbons (Fsp3) is 0.440. The van der Waals surface area contributed by atoms with E-state index in [4.69, 9.17) is 11.6 Å². The molecule has 1 atom stereocenters. The standard InChI is InChI=1S/C25H34ClN3O4S/c1-5-7-16-27-25(31)19(3)28(17-21-8-12-22(26)13-9-21)24(30)18-29(34(4,32)33)23-14-10-20(6-2)11-15-23/h8-15,19H,5-7,16-18H2,1-4H3,(H,27,31)/t19-/m0/s1. The fourth-order valence-electron chi connectivity index (χ4n) is 3.42. The van der Waals surface area contributed by atoms with E-state index < -0.39 is 28.5 Å². The first kappa shape index (κ1) is 27.7. The summed E-state index contributed by atoms with van der Waals surface area (Å²) >= 11 is 5.99. The molecule has 2 aromatic rings. The number of amides is 2. The molecule has 0 unspecified atom stereocenters. The van der Waals surface area contributed by atoms with Gasteiger partial charge in [-0.2, -0.15) is 0 Å². The van der Waals surface area contributed by atoms with E-state index >= 15 is 0 Å². The second kappa shape index (κ2) is 12.8. The van der Waals surface area contributed by atoms with Crippen molar-refractivity contribution in [2.45, 2.75) is 52.6 Å². The van der Waals surface area contributed by atoms with Gasteiger partial charge >= 0.3 is 0 Å². The van der Waals surface area contributed by atoms with Crippen LogP contribution in [0.5, 0.6) is 0 Å². The van der Waals surface area contributed by atoms with Crippen LogP contribution < -0.4 is 9.62 Å². The number of nitrogens with one attached hydrogen (secondary N) is 1. The van der Waals surface area contributed by atoms with E-state index in [0.29, 0.717) is 17.3 Å². The number of hydrogen-bond donors (Lipinski definition) is 1. The van der Waals surface area contributed by atoms with Crippen molar-refractivity contribution in [1.82, 2.24) is 10.2 Å². The molecule has 1 N–H and O–H groups in total. The molecule has 0 heterocycles. The number of unbranched alkanes of at least 4 members (excludes halogenated alkanes) is 1. The second-order valence-electron chi connectivity index (χ2n) is 8.26. The predicted molar refractivity (Wildman–Crippen MR) is 137 cm³/mol. The Balaban J connectivity index is 2.32. The molecule has 186 valence electrons. The number of aryl methyl sites for hydroxylation is 1. The SMILES string of the molecule is CCCCNC(=O)[C@H](C)N(Cc1ccc(Cl)cc1)C(=O)CN(c1ccc(CC)cc1)S(C)(=O)=O. The van der Waals surface area contributed by atoms with Crippen molar-refractivity contribution in [3.05, 3.63) is 64.7 Å². The smallest absolute Gasteiger partial charge is 0.244 e. The summed E-state index contributed by atoms with van der Waals surface area (Å²) in [6.45, 7) is 5.93. The minimum Gasteiger partial charge on any atom is -0.354 e. The lowest BCUT2D eigenvalue weighted by atomic mass is 10.1. The van der Waals surface area contributed by atoms with Crippen LogP contribution in [0.15, 0.2) is 48.5 Å². The zero-order valence-corrected chi connectivity index (χ0v) is 21.8. The Hall–Kier alpha value is -2.58. The average molecular weight is 508 g/mol. The lowest BCUT2D eigenvalue weighted by Gasteiger charge is -2.31. The van der Waals surface area contributed by atoms with Crippen molar-refractivity contribution in [3.8, 4) is 0 Å². The molecule has 2 rings (SSSR count). The summed E-state index contributed by atoms with van der Waals surface area (Å²) in [6, 6.07) is 13.3. The average Bonchev–Trinajstić information content (AvgIpc) is 2.81. The molecule has 0 fully saturated rings. The molecule has 0 aliphatic rings.